The Morgan fingerprint density at radius 2 is 2.21 bits per heavy atom. The van der Waals surface area contributed by atoms with Gasteiger partial charge in [-0.1, -0.05) is 0 Å². The van der Waals surface area contributed by atoms with E-state index >= 15 is 0 Å². The maximum absolute atomic E-state index is 12.4. The third-order valence-electron chi connectivity index (χ3n) is 4.07. The maximum atomic E-state index is 12.4. The number of carbonyl (C=O) groups is 1. The molecule has 2 heterocycles. The number of likely N-dealkylation sites (tertiary alicyclic amines) is 1. The first kappa shape index (κ1) is 12.2. The van der Waals surface area contributed by atoms with Gasteiger partial charge in [-0.05, 0) is 44.0 Å². The molecule has 0 bridgehead atoms. The molecule has 0 aliphatic carbocycles. The molecule has 1 aromatic carbocycles. The summed E-state index contributed by atoms with van der Waals surface area (Å²) in [5.74, 6) is 0.0908. The molecule has 0 saturated carbocycles. The van der Waals surface area contributed by atoms with Gasteiger partial charge in [-0.2, -0.15) is 0 Å². The SMILES string of the molecule is Cc1[nH]c2ccc(C(=O)N3CC[C@@H](N)C3)cc2c1C. The second-order valence-electron chi connectivity index (χ2n) is 5.44. The molecule has 1 aromatic heterocycles. The van der Waals surface area contributed by atoms with Crippen LogP contribution in [0.5, 0.6) is 0 Å². The van der Waals surface area contributed by atoms with Crippen LogP contribution in [0.2, 0.25) is 0 Å². The number of hydrogen-bond acceptors (Lipinski definition) is 2. The van der Waals surface area contributed by atoms with Gasteiger partial charge in [0.2, 0.25) is 0 Å². The molecule has 3 rings (SSSR count). The summed E-state index contributed by atoms with van der Waals surface area (Å²) < 4.78 is 0. The standard InChI is InChI=1S/C15H19N3O/c1-9-10(2)17-14-4-3-11(7-13(9)14)15(19)18-6-5-12(16)8-18/h3-4,7,12,17H,5-6,8,16H2,1-2H3/t12-/m1/s1. The molecule has 3 N–H and O–H groups in total. The third-order valence-corrected chi connectivity index (χ3v) is 4.07. The lowest BCUT2D eigenvalue weighted by Crippen LogP contribution is -2.31. The van der Waals surface area contributed by atoms with Crippen molar-refractivity contribution in [1.82, 2.24) is 9.88 Å². The Hall–Kier alpha value is -1.81. The molecule has 4 nitrogen and oxygen atoms in total. The van der Waals surface area contributed by atoms with Crippen molar-refractivity contribution >= 4 is 16.8 Å². The van der Waals surface area contributed by atoms with E-state index in [1.54, 1.807) is 0 Å². The third kappa shape index (κ3) is 2.02. The van der Waals surface area contributed by atoms with Gasteiger partial charge in [0.05, 0.1) is 0 Å². The Kier molecular flexibility index (Phi) is 2.82. The van der Waals surface area contributed by atoms with Gasteiger partial charge in [-0.3, -0.25) is 4.79 Å². The summed E-state index contributed by atoms with van der Waals surface area (Å²) in [7, 11) is 0. The average molecular weight is 257 g/mol. The van der Waals surface area contributed by atoms with Crippen molar-refractivity contribution < 1.29 is 4.79 Å². The Balaban J connectivity index is 1.96. The predicted octanol–water partition coefficient (Wildman–Crippen LogP) is 1.96. The second kappa shape index (κ2) is 4.38. The average Bonchev–Trinajstić information content (AvgIpc) is 2.94. The molecule has 1 aliphatic rings. The number of H-pyrrole nitrogens is 1. The van der Waals surface area contributed by atoms with Crippen LogP contribution in [0.3, 0.4) is 0 Å². The Morgan fingerprint density at radius 3 is 2.89 bits per heavy atom. The molecule has 1 saturated heterocycles. The van der Waals surface area contributed by atoms with Crippen molar-refractivity contribution in [3.8, 4) is 0 Å². The molecule has 1 atom stereocenters. The summed E-state index contributed by atoms with van der Waals surface area (Å²) >= 11 is 0. The van der Waals surface area contributed by atoms with E-state index in [0.717, 1.165) is 35.1 Å². The topological polar surface area (TPSA) is 62.1 Å². The summed E-state index contributed by atoms with van der Waals surface area (Å²) in [5, 5.41) is 1.13. The van der Waals surface area contributed by atoms with Gasteiger partial charge < -0.3 is 15.6 Å². The van der Waals surface area contributed by atoms with Gasteiger partial charge in [0.1, 0.15) is 0 Å². The van der Waals surface area contributed by atoms with E-state index in [0.29, 0.717) is 6.54 Å². The molecule has 0 radical (unpaired) electrons. The molecule has 1 aliphatic heterocycles. The van der Waals surface area contributed by atoms with Crippen molar-refractivity contribution in [2.75, 3.05) is 13.1 Å². The zero-order valence-corrected chi connectivity index (χ0v) is 11.4. The van der Waals surface area contributed by atoms with Gasteiger partial charge in [-0.25, -0.2) is 0 Å². The zero-order chi connectivity index (χ0) is 13.6. The molecular formula is C15H19N3O. The predicted molar refractivity (Wildman–Crippen MR) is 76.3 cm³/mol. The normalized spacial score (nSPS) is 19.3. The molecule has 2 aromatic rings. The number of aromatic nitrogens is 1. The Morgan fingerprint density at radius 1 is 1.42 bits per heavy atom. The molecule has 100 valence electrons. The van der Waals surface area contributed by atoms with Crippen LogP contribution in [-0.2, 0) is 0 Å². The highest BCUT2D eigenvalue weighted by molar-refractivity contribution is 5.99. The number of amides is 1. The number of nitrogens with one attached hydrogen (secondary N) is 1. The van der Waals surface area contributed by atoms with E-state index in [2.05, 4.69) is 18.8 Å². The van der Waals surface area contributed by atoms with Crippen molar-refractivity contribution in [3.05, 3.63) is 35.0 Å². The molecule has 19 heavy (non-hydrogen) atoms. The molecule has 1 fully saturated rings. The molecule has 1 amide bonds. The van der Waals surface area contributed by atoms with Gasteiger partial charge >= 0.3 is 0 Å². The monoisotopic (exact) mass is 257 g/mol. The molecule has 0 unspecified atom stereocenters. The molecule has 4 heteroatoms. The van der Waals surface area contributed by atoms with Gasteiger partial charge in [0.25, 0.3) is 5.91 Å². The van der Waals surface area contributed by atoms with Crippen LogP contribution >= 0.6 is 0 Å². The molecular weight excluding hydrogens is 238 g/mol. The Bertz CT molecular complexity index is 644. The second-order valence-corrected chi connectivity index (χ2v) is 5.44. The number of nitrogens with two attached hydrogens (primary N) is 1. The first-order chi connectivity index (χ1) is 9.06. The summed E-state index contributed by atoms with van der Waals surface area (Å²) in [6.45, 7) is 5.57. The fraction of sp³-hybridized carbons (Fsp3) is 0.400. The van der Waals surface area contributed by atoms with Gasteiger partial charge in [-0.15, -0.1) is 0 Å². The number of carbonyl (C=O) groups excluding carboxylic acids is 1. The van der Waals surface area contributed by atoms with E-state index in [9.17, 15) is 4.79 Å². The van der Waals surface area contributed by atoms with Crippen molar-refractivity contribution in [2.45, 2.75) is 26.3 Å². The minimum absolute atomic E-state index is 0.0908. The fourth-order valence-electron chi connectivity index (χ4n) is 2.75. The Labute approximate surface area is 112 Å². The maximum Gasteiger partial charge on any atom is 0.253 e. The van der Waals surface area contributed by atoms with Crippen LogP contribution in [0.4, 0.5) is 0 Å². The number of rotatable bonds is 1. The number of nitrogens with zero attached hydrogens (tertiary/aromatic N) is 1. The number of benzene rings is 1. The molecule has 0 spiro atoms. The lowest BCUT2D eigenvalue weighted by Gasteiger charge is -2.15. The van der Waals surface area contributed by atoms with Crippen molar-refractivity contribution in [3.63, 3.8) is 0 Å². The van der Waals surface area contributed by atoms with Gasteiger partial charge in [0, 0.05) is 41.3 Å². The van der Waals surface area contributed by atoms with Crippen LogP contribution in [0.25, 0.3) is 10.9 Å². The minimum Gasteiger partial charge on any atom is -0.358 e. The zero-order valence-electron chi connectivity index (χ0n) is 11.4. The summed E-state index contributed by atoms with van der Waals surface area (Å²) in [6.07, 6.45) is 0.899. The largest absolute Gasteiger partial charge is 0.358 e. The number of fused-ring (bicyclic) bond motifs is 1. The quantitative estimate of drug-likeness (QED) is 0.820. The highest BCUT2D eigenvalue weighted by Gasteiger charge is 2.24. The van der Waals surface area contributed by atoms with Crippen molar-refractivity contribution in [1.29, 1.82) is 0 Å². The fourth-order valence-corrected chi connectivity index (χ4v) is 2.75. The van der Waals surface area contributed by atoms with Crippen LogP contribution in [0.15, 0.2) is 18.2 Å². The highest BCUT2D eigenvalue weighted by Crippen LogP contribution is 2.23. The first-order valence-corrected chi connectivity index (χ1v) is 6.70. The lowest BCUT2D eigenvalue weighted by molar-refractivity contribution is 0.0791. The van der Waals surface area contributed by atoms with Crippen LogP contribution in [-0.4, -0.2) is 34.9 Å². The number of aromatic amines is 1. The lowest BCUT2D eigenvalue weighted by atomic mass is 10.1. The van der Waals surface area contributed by atoms with Gasteiger partial charge in [0.15, 0.2) is 0 Å². The van der Waals surface area contributed by atoms with Crippen LogP contribution < -0.4 is 5.73 Å². The summed E-state index contributed by atoms with van der Waals surface area (Å²) in [5.41, 5.74) is 10.1. The highest BCUT2D eigenvalue weighted by atomic mass is 16.2. The first-order valence-electron chi connectivity index (χ1n) is 6.70. The smallest absolute Gasteiger partial charge is 0.253 e. The van der Waals surface area contributed by atoms with E-state index in [1.807, 2.05) is 23.1 Å². The van der Waals surface area contributed by atoms with E-state index in [1.165, 1.54) is 5.56 Å². The van der Waals surface area contributed by atoms with Crippen molar-refractivity contribution in [2.24, 2.45) is 5.73 Å². The number of aryl methyl sites for hydroxylation is 2. The number of hydrogen-bond donors (Lipinski definition) is 2. The van der Waals surface area contributed by atoms with E-state index in [-0.39, 0.29) is 11.9 Å². The minimum atomic E-state index is 0.0908. The van der Waals surface area contributed by atoms with Crippen LogP contribution in [0, 0.1) is 13.8 Å². The van der Waals surface area contributed by atoms with Crippen LogP contribution in [0.1, 0.15) is 28.0 Å². The van der Waals surface area contributed by atoms with E-state index in [4.69, 9.17) is 5.73 Å². The summed E-state index contributed by atoms with van der Waals surface area (Å²) in [6, 6.07) is 5.99. The van der Waals surface area contributed by atoms with E-state index < -0.39 is 0 Å². The summed E-state index contributed by atoms with van der Waals surface area (Å²) in [4.78, 5) is 17.6.